The smallest absolute Gasteiger partial charge is 0.147 e. The molecule has 7 heteroatoms. The summed E-state index contributed by atoms with van der Waals surface area (Å²) in [4.78, 5) is 8.76. The van der Waals surface area contributed by atoms with Gasteiger partial charge in [0, 0.05) is 31.8 Å². The summed E-state index contributed by atoms with van der Waals surface area (Å²) < 4.78 is 22.0. The molecule has 6 nitrogen and oxygen atoms in total. The Morgan fingerprint density at radius 3 is 2.42 bits per heavy atom. The highest BCUT2D eigenvalue weighted by atomic mass is 32.2. The van der Waals surface area contributed by atoms with Gasteiger partial charge in [-0.25, -0.2) is 18.4 Å². The fraction of sp³-hybridized carbons (Fsp3) is 0.667. The van der Waals surface area contributed by atoms with Crippen LogP contribution in [0, 0.1) is 0 Å². The van der Waals surface area contributed by atoms with Gasteiger partial charge in [0.05, 0.1) is 5.75 Å². The topological polar surface area (TPSA) is 84.0 Å². The van der Waals surface area contributed by atoms with Gasteiger partial charge in [0.1, 0.15) is 27.3 Å². The molecular weight excluding hydrogens is 264 g/mol. The normalized spacial score (nSPS) is 11.6. The molecule has 1 rings (SSSR count). The van der Waals surface area contributed by atoms with Gasteiger partial charge in [0.2, 0.25) is 0 Å². The van der Waals surface area contributed by atoms with Crippen LogP contribution in [0.4, 0.5) is 11.6 Å². The summed E-state index contributed by atoms with van der Waals surface area (Å²) in [6.45, 7) is 4.63. The van der Waals surface area contributed by atoms with Crippen molar-refractivity contribution < 1.29 is 8.42 Å². The van der Waals surface area contributed by atoms with Gasteiger partial charge in [-0.1, -0.05) is 13.8 Å². The van der Waals surface area contributed by atoms with E-state index in [0.717, 1.165) is 17.5 Å². The van der Waals surface area contributed by atoms with E-state index in [1.165, 1.54) is 6.26 Å². The molecule has 0 saturated carbocycles. The van der Waals surface area contributed by atoms with Crippen LogP contribution in [-0.4, -0.2) is 44.0 Å². The fourth-order valence-corrected chi connectivity index (χ4v) is 2.16. The molecule has 0 aliphatic carbocycles. The lowest BCUT2D eigenvalue weighted by molar-refractivity contribution is 0.600. The van der Waals surface area contributed by atoms with Crippen LogP contribution in [0.1, 0.15) is 32.0 Å². The summed E-state index contributed by atoms with van der Waals surface area (Å²) in [5, 5.41) is 6.12. The Kier molecular flexibility index (Phi) is 5.53. The SMILES string of the molecule is CNc1cc(NCCCS(C)(=O)=O)nc(C(C)C)n1. The summed E-state index contributed by atoms with van der Waals surface area (Å²) >= 11 is 0. The van der Waals surface area contributed by atoms with E-state index in [-0.39, 0.29) is 11.7 Å². The fourth-order valence-electron chi connectivity index (χ4n) is 1.49. The molecule has 0 unspecified atom stereocenters. The largest absolute Gasteiger partial charge is 0.373 e. The van der Waals surface area contributed by atoms with Crippen LogP contribution in [0.25, 0.3) is 0 Å². The van der Waals surface area contributed by atoms with Crippen molar-refractivity contribution in [3.63, 3.8) is 0 Å². The molecule has 1 aromatic heterocycles. The maximum absolute atomic E-state index is 11.0. The highest BCUT2D eigenvalue weighted by Crippen LogP contribution is 2.16. The summed E-state index contributed by atoms with van der Waals surface area (Å²) in [7, 11) is -1.09. The van der Waals surface area contributed by atoms with Crippen LogP contribution in [0.3, 0.4) is 0 Å². The van der Waals surface area contributed by atoms with Gasteiger partial charge < -0.3 is 10.6 Å². The first-order valence-electron chi connectivity index (χ1n) is 6.30. The van der Waals surface area contributed by atoms with Crippen molar-refractivity contribution in [3.8, 4) is 0 Å². The third-order valence-corrected chi connectivity index (χ3v) is 3.54. The molecule has 0 aliphatic rings. The number of rotatable bonds is 7. The van der Waals surface area contributed by atoms with Crippen molar-refractivity contribution >= 4 is 21.5 Å². The predicted molar refractivity (Wildman–Crippen MR) is 78.5 cm³/mol. The van der Waals surface area contributed by atoms with Crippen LogP contribution in [-0.2, 0) is 9.84 Å². The lowest BCUT2D eigenvalue weighted by atomic mass is 10.2. The van der Waals surface area contributed by atoms with E-state index in [2.05, 4.69) is 20.6 Å². The standard InChI is InChI=1S/C12H22N4O2S/c1-9(2)12-15-10(13-3)8-11(16-12)14-6-5-7-19(4,17)18/h8-9H,5-7H2,1-4H3,(H2,13,14,15,16). The molecule has 1 aromatic rings. The second-order valence-corrected chi connectivity index (χ2v) is 7.07. The van der Waals surface area contributed by atoms with Crippen LogP contribution in [0.5, 0.6) is 0 Å². The lowest BCUT2D eigenvalue weighted by Gasteiger charge is -2.11. The number of aromatic nitrogens is 2. The summed E-state index contributed by atoms with van der Waals surface area (Å²) in [5.74, 6) is 2.66. The average molecular weight is 286 g/mol. The third kappa shape index (κ3) is 5.87. The molecule has 0 aliphatic heterocycles. The first-order valence-corrected chi connectivity index (χ1v) is 8.36. The quantitative estimate of drug-likeness (QED) is 0.739. The summed E-state index contributed by atoms with van der Waals surface area (Å²) in [5.41, 5.74) is 0. The zero-order valence-electron chi connectivity index (χ0n) is 11.9. The monoisotopic (exact) mass is 286 g/mol. The van der Waals surface area contributed by atoms with Crippen LogP contribution in [0.2, 0.25) is 0 Å². The van der Waals surface area contributed by atoms with Crippen LogP contribution >= 0.6 is 0 Å². The molecular formula is C12H22N4O2S. The molecule has 19 heavy (non-hydrogen) atoms. The Morgan fingerprint density at radius 2 is 1.89 bits per heavy atom. The van der Waals surface area contributed by atoms with Crippen molar-refractivity contribution in [2.75, 3.05) is 36.2 Å². The van der Waals surface area contributed by atoms with Gasteiger partial charge in [-0.3, -0.25) is 0 Å². The molecule has 0 aromatic carbocycles. The van der Waals surface area contributed by atoms with Gasteiger partial charge in [-0.15, -0.1) is 0 Å². The second-order valence-electron chi connectivity index (χ2n) is 4.81. The van der Waals surface area contributed by atoms with Crippen LogP contribution in [0.15, 0.2) is 6.07 Å². The minimum Gasteiger partial charge on any atom is -0.373 e. The van der Waals surface area contributed by atoms with E-state index >= 15 is 0 Å². The summed E-state index contributed by atoms with van der Waals surface area (Å²) in [6.07, 6.45) is 1.81. The van der Waals surface area contributed by atoms with Gasteiger partial charge in [-0.05, 0) is 6.42 Å². The minimum atomic E-state index is -2.90. The van der Waals surface area contributed by atoms with Gasteiger partial charge in [-0.2, -0.15) is 0 Å². The van der Waals surface area contributed by atoms with Gasteiger partial charge in [0.15, 0.2) is 0 Å². The second kappa shape index (κ2) is 6.70. The number of nitrogens with zero attached hydrogens (tertiary/aromatic N) is 2. The van der Waals surface area contributed by atoms with Crippen LogP contribution < -0.4 is 10.6 Å². The maximum Gasteiger partial charge on any atom is 0.147 e. The van der Waals surface area contributed by atoms with E-state index in [0.29, 0.717) is 13.0 Å². The Morgan fingerprint density at radius 1 is 1.26 bits per heavy atom. The Bertz CT molecular complexity index is 514. The van der Waals surface area contributed by atoms with Gasteiger partial charge >= 0.3 is 0 Å². The minimum absolute atomic E-state index is 0.182. The maximum atomic E-state index is 11.0. The zero-order valence-corrected chi connectivity index (χ0v) is 12.7. The first kappa shape index (κ1) is 15.7. The Balaban J connectivity index is 2.65. The zero-order chi connectivity index (χ0) is 14.5. The highest BCUT2D eigenvalue weighted by molar-refractivity contribution is 7.90. The number of anilines is 2. The molecule has 0 bridgehead atoms. The molecule has 1 heterocycles. The molecule has 0 atom stereocenters. The Labute approximate surface area is 115 Å². The van der Waals surface area contributed by atoms with Gasteiger partial charge in [0.25, 0.3) is 0 Å². The lowest BCUT2D eigenvalue weighted by Crippen LogP contribution is -2.12. The molecule has 0 amide bonds. The van der Waals surface area contributed by atoms with Crippen molar-refractivity contribution in [1.82, 2.24) is 9.97 Å². The molecule has 0 saturated heterocycles. The highest BCUT2D eigenvalue weighted by Gasteiger charge is 2.07. The predicted octanol–water partition coefficient (Wildman–Crippen LogP) is 1.49. The van der Waals surface area contributed by atoms with Crippen molar-refractivity contribution in [3.05, 3.63) is 11.9 Å². The number of sulfone groups is 1. The average Bonchev–Trinajstić information content (AvgIpc) is 2.33. The van der Waals surface area contributed by atoms with Crippen molar-refractivity contribution in [2.45, 2.75) is 26.2 Å². The van der Waals surface area contributed by atoms with Crippen molar-refractivity contribution in [1.29, 1.82) is 0 Å². The summed E-state index contributed by atoms with van der Waals surface area (Å²) in [6, 6.07) is 1.81. The van der Waals surface area contributed by atoms with E-state index < -0.39 is 9.84 Å². The molecule has 2 N–H and O–H groups in total. The molecule has 0 fully saturated rings. The first-order chi connectivity index (χ1) is 8.81. The Hall–Kier alpha value is -1.37. The molecule has 0 radical (unpaired) electrons. The number of hydrogen-bond acceptors (Lipinski definition) is 6. The number of nitrogens with one attached hydrogen (secondary N) is 2. The van der Waals surface area contributed by atoms with E-state index in [9.17, 15) is 8.42 Å². The van der Waals surface area contributed by atoms with E-state index in [4.69, 9.17) is 0 Å². The number of hydrogen-bond donors (Lipinski definition) is 2. The molecule has 0 spiro atoms. The van der Waals surface area contributed by atoms with Crippen molar-refractivity contribution in [2.24, 2.45) is 0 Å². The van der Waals surface area contributed by atoms with E-state index in [1.807, 2.05) is 19.9 Å². The third-order valence-electron chi connectivity index (χ3n) is 2.51. The molecule has 108 valence electrons. The van der Waals surface area contributed by atoms with E-state index in [1.54, 1.807) is 7.05 Å².